The fraction of sp³-hybridized carbons (Fsp3) is 0.800. The van der Waals surface area contributed by atoms with Gasteiger partial charge < -0.3 is 9.22 Å². The van der Waals surface area contributed by atoms with E-state index in [4.69, 9.17) is 13.8 Å². The van der Waals surface area contributed by atoms with E-state index in [0.29, 0.717) is 19.8 Å². The normalized spacial score (nSPS) is 12.6. The van der Waals surface area contributed by atoms with Crippen LogP contribution in [0.4, 0.5) is 0 Å². The van der Waals surface area contributed by atoms with Crippen molar-refractivity contribution in [3.63, 3.8) is 0 Å². The van der Waals surface area contributed by atoms with Crippen LogP contribution in [-0.4, -0.2) is 58.6 Å². The minimum Gasteiger partial charge on any atom is -0.375 e. The SMILES string of the molecule is C=CCOCCO[P+](=O)OCC[N+](C)(C)C. The minimum absolute atomic E-state index is 0.271. The van der Waals surface area contributed by atoms with Crippen molar-refractivity contribution in [3.8, 4) is 0 Å². The molecule has 0 N–H and O–H groups in total. The first-order chi connectivity index (χ1) is 7.45. The highest BCUT2D eigenvalue weighted by molar-refractivity contribution is 7.33. The van der Waals surface area contributed by atoms with Crippen molar-refractivity contribution in [1.29, 1.82) is 0 Å². The first kappa shape index (κ1) is 15.7. The summed E-state index contributed by atoms with van der Waals surface area (Å²) in [7, 11) is 4.11. The molecule has 0 aromatic carbocycles. The number of rotatable bonds is 10. The van der Waals surface area contributed by atoms with Crippen LogP contribution in [-0.2, 0) is 18.3 Å². The molecule has 0 amide bonds. The van der Waals surface area contributed by atoms with Crippen LogP contribution in [0.5, 0.6) is 0 Å². The van der Waals surface area contributed by atoms with E-state index < -0.39 is 8.25 Å². The number of likely N-dealkylation sites (N-methyl/N-ethyl adjacent to an activating group) is 1. The summed E-state index contributed by atoms with van der Waals surface area (Å²) in [6.07, 6.45) is 1.65. The van der Waals surface area contributed by atoms with E-state index in [9.17, 15) is 4.57 Å². The number of ether oxygens (including phenoxy) is 1. The molecule has 6 heteroatoms. The summed E-state index contributed by atoms with van der Waals surface area (Å²) in [5.74, 6) is 0. The molecular weight excluding hydrogens is 229 g/mol. The van der Waals surface area contributed by atoms with Gasteiger partial charge in [-0.2, -0.15) is 0 Å². The molecule has 0 radical (unpaired) electrons. The van der Waals surface area contributed by atoms with Gasteiger partial charge in [-0.25, -0.2) is 0 Å². The molecule has 0 heterocycles. The fourth-order valence-corrected chi connectivity index (χ4v) is 1.29. The zero-order valence-corrected chi connectivity index (χ0v) is 11.2. The Bertz CT molecular complexity index is 215. The van der Waals surface area contributed by atoms with Gasteiger partial charge in [-0.15, -0.1) is 15.6 Å². The zero-order valence-electron chi connectivity index (χ0n) is 10.3. The minimum atomic E-state index is -2.02. The summed E-state index contributed by atoms with van der Waals surface area (Å²) >= 11 is 0. The second-order valence-electron chi connectivity index (χ2n) is 4.27. The van der Waals surface area contributed by atoms with Gasteiger partial charge in [0.05, 0.1) is 34.4 Å². The summed E-state index contributed by atoms with van der Waals surface area (Å²) in [5.41, 5.74) is 0. The third-order valence-corrected chi connectivity index (χ3v) is 2.41. The Morgan fingerprint density at radius 3 is 2.38 bits per heavy atom. The van der Waals surface area contributed by atoms with Crippen molar-refractivity contribution in [2.24, 2.45) is 0 Å². The Morgan fingerprint density at radius 1 is 1.19 bits per heavy atom. The lowest BCUT2D eigenvalue weighted by atomic mass is 10.5. The number of hydrogen-bond donors (Lipinski definition) is 0. The molecule has 1 atom stereocenters. The van der Waals surface area contributed by atoms with E-state index in [2.05, 4.69) is 6.58 Å². The molecule has 0 aromatic rings. The van der Waals surface area contributed by atoms with Gasteiger partial charge in [0.25, 0.3) is 0 Å². The predicted molar refractivity (Wildman–Crippen MR) is 63.4 cm³/mol. The van der Waals surface area contributed by atoms with Gasteiger partial charge in [-0.3, -0.25) is 0 Å². The maximum absolute atomic E-state index is 11.2. The molecule has 0 spiro atoms. The lowest BCUT2D eigenvalue weighted by molar-refractivity contribution is -0.870. The Hall–Kier alpha value is -0.320. The topological polar surface area (TPSA) is 44.8 Å². The van der Waals surface area contributed by atoms with Crippen molar-refractivity contribution in [1.82, 2.24) is 0 Å². The third-order valence-electron chi connectivity index (χ3n) is 1.62. The lowest BCUT2D eigenvalue weighted by Gasteiger charge is -2.21. The predicted octanol–water partition coefficient (Wildman–Crippen LogP) is 1.59. The average molecular weight is 251 g/mol. The fourth-order valence-electron chi connectivity index (χ4n) is 0.764. The monoisotopic (exact) mass is 251 g/mol. The first-order valence-electron chi connectivity index (χ1n) is 5.18. The van der Waals surface area contributed by atoms with E-state index in [1.165, 1.54) is 0 Å². The second-order valence-corrected chi connectivity index (χ2v) is 5.23. The molecule has 0 aliphatic heterocycles. The van der Waals surface area contributed by atoms with Gasteiger partial charge in [-0.1, -0.05) is 6.08 Å². The summed E-state index contributed by atoms with van der Waals surface area (Å²) < 4.78 is 27.0. The second kappa shape index (κ2) is 8.79. The van der Waals surface area contributed by atoms with Crippen molar-refractivity contribution in [2.75, 3.05) is 54.1 Å². The quantitative estimate of drug-likeness (QED) is 0.256. The number of hydrogen-bond acceptors (Lipinski definition) is 4. The molecule has 0 rings (SSSR count). The number of nitrogens with zero attached hydrogens (tertiary/aromatic N) is 1. The zero-order chi connectivity index (χ0) is 12.4. The molecule has 0 fully saturated rings. The maximum atomic E-state index is 11.2. The van der Waals surface area contributed by atoms with Crippen LogP contribution in [0.3, 0.4) is 0 Å². The Balaban J connectivity index is 3.35. The average Bonchev–Trinajstić information content (AvgIpc) is 2.15. The highest BCUT2D eigenvalue weighted by atomic mass is 31.1. The molecule has 16 heavy (non-hydrogen) atoms. The van der Waals surface area contributed by atoms with Gasteiger partial charge >= 0.3 is 8.25 Å². The molecule has 94 valence electrons. The number of quaternary nitrogens is 1. The largest absolute Gasteiger partial charge is 0.697 e. The van der Waals surface area contributed by atoms with Crippen LogP contribution < -0.4 is 0 Å². The molecule has 1 unspecified atom stereocenters. The van der Waals surface area contributed by atoms with Crippen molar-refractivity contribution >= 4 is 8.25 Å². The van der Waals surface area contributed by atoms with Crippen LogP contribution in [0.15, 0.2) is 12.7 Å². The lowest BCUT2D eigenvalue weighted by Crippen LogP contribution is -2.37. The standard InChI is InChI=1S/C10H22NO4P/c1-5-7-13-9-10-15-16(12)14-8-6-11(2,3)4/h5H,1,6-10H2,2-4H3/q+2. The molecule has 0 bridgehead atoms. The first-order valence-corrected chi connectivity index (χ1v) is 6.27. The summed E-state index contributed by atoms with van der Waals surface area (Å²) in [6, 6.07) is 0. The van der Waals surface area contributed by atoms with Gasteiger partial charge in [0.2, 0.25) is 0 Å². The molecule has 5 nitrogen and oxygen atoms in total. The smallest absolute Gasteiger partial charge is 0.375 e. The Kier molecular flexibility index (Phi) is 8.61. The van der Waals surface area contributed by atoms with Crippen molar-refractivity contribution in [3.05, 3.63) is 12.7 Å². The van der Waals surface area contributed by atoms with Crippen LogP contribution in [0.25, 0.3) is 0 Å². The third kappa shape index (κ3) is 11.8. The maximum Gasteiger partial charge on any atom is 0.697 e. The Labute approximate surface area is 98.5 Å². The summed E-state index contributed by atoms with van der Waals surface area (Å²) in [6.45, 7) is 5.86. The molecular formula is C10H22NO4P+2. The van der Waals surface area contributed by atoms with Gasteiger partial charge in [-0.05, 0) is 0 Å². The van der Waals surface area contributed by atoms with E-state index in [-0.39, 0.29) is 6.61 Å². The van der Waals surface area contributed by atoms with Gasteiger partial charge in [0, 0.05) is 4.57 Å². The van der Waals surface area contributed by atoms with E-state index in [1.54, 1.807) is 6.08 Å². The van der Waals surface area contributed by atoms with Crippen molar-refractivity contribution < 1.29 is 22.8 Å². The van der Waals surface area contributed by atoms with E-state index in [1.807, 2.05) is 21.1 Å². The van der Waals surface area contributed by atoms with Gasteiger partial charge in [0.1, 0.15) is 13.2 Å². The Morgan fingerprint density at radius 2 is 1.81 bits per heavy atom. The van der Waals surface area contributed by atoms with Crippen LogP contribution in [0.2, 0.25) is 0 Å². The molecule has 0 aliphatic carbocycles. The van der Waals surface area contributed by atoms with E-state index in [0.717, 1.165) is 11.0 Å². The van der Waals surface area contributed by atoms with Crippen molar-refractivity contribution in [2.45, 2.75) is 0 Å². The van der Waals surface area contributed by atoms with Crippen LogP contribution >= 0.6 is 8.25 Å². The van der Waals surface area contributed by atoms with Crippen LogP contribution in [0, 0.1) is 0 Å². The highest BCUT2D eigenvalue weighted by Crippen LogP contribution is 2.22. The van der Waals surface area contributed by atoms with Gasteiger partial charge in [0.15, 0.2) is 6.61 Å². The summed E-state index contributed by atoms with van der Waals surface area (Å²) in [5, 5.41) is 0. The molecule has 0 saturated carbocycles. The summed E-state index contributed by atoms with van der Waals surface area (Å²) in [4.78, 5) is 0. The molecule has 0 saturated heterocycles. The highest BCUT2D eigenvalue weighted by Gasteiger charge is 2.21. The molecule has 0 aromatic heterocycles. The van der Waals surface area contributed by atoms with Crippen LogP contribution in [0.1, 0.15) is 0 Å². The molecule has 0 aliphatic rings. The van der Waals surface area contributed by atoms with E-state index >= 15 is 0 Å².